The number of hydrogen-bond donors (Lipinski definition) is 2. The molecule has 2 amide bonds. The van der Waals surface area contributed by atoms with Gasteiger partial charge < -0.3 is 34.3 Å². The molecule has 0 aliphatic heterocycles. The summed E-state index contributed by atoms with van der Waals surface area (Å²) in [6, 6.07) is -0.707. The normalized spacial score (nSPS) is 28.6. The Morgan fingerprint density at radius 3 is 2.32 bits per heavy atom. The quantitative estimate of drug-likeness (QED) is 0.122. The highest BCUT2D eigenvalue weighted by Crippen LogP contribution is 2.65. The van der Waals surface area contributed by atoms with Gasteiger partial charge >= 0.3 is 5.97 Å². The lowest BCUT2D eigenvalue weighted by molar-refractivity contribution is -0.165. The summed E-state index contributed by atoms with van der Waals surface area (Å²) >= 11 is 0. The minimum Gasteiger partial charge on any atom is -0.460 e. The van der Waals surface area contributed by atoms with Crippen molar-refractivity contribution >= 4 is 29.4 Å². The zero-order valence-electron chi connectivity index (χ0n) is 33.2. The van der Waals surface area contributed by atoms with Crippen molar-refractivity contribution in [2.45, 2.75) is 124 Å². The molecular weight excluding hydrogens is 680 g/mol. The number of hydrogen-bond acceptors (Lipinski definition) is 10. The first-order chi connectivity index (χ1) is 25.2. The number of unbranched alkanes of at least 4 members (excludes halogenated alkanes) is 1. The minimum atomic E-state index is -0.707. The van der Waals surface area contributed by atoms with Crippen molar-refractivity contribution in [3.05, 3.63) is 11.6 Å². The molecule has 0 bridgehead atoms. The Morgan fingerprint density at radius 1 is 0.849 bits per heavy atom. The summed E-state index contributed by atoms with van der Waals surface area (Å²) in [5.41, 5.74) is 0.704. The number of carbonyl (C=O) groups excluding carboxylic acids is 5. The molecule has 4 aliphatic rings. The van der Waals surface area contributed by atoms with Crippen molar-refractivity contribution in [1.29, 1.82) is 0 Å². The standard InChI is InChI=1S/C41H66N2O10/c1-39(2,3)38(48)33(9-7-8-19-42-35(45)16-20-50-23-24-51-22-21-49-6)43-36(46)26-52-27-37(47)53-34-13-12-31-30-11-10-28-25-29(44)14-17-40(28,4)32(30)15-18-41(31,34)5/h25,30-34H,7-24,26-27H2,1-6H3,(H,42,45)(H,43,46). The number of methoxy groups -OCH3 is 1. The first kappa shape index (κ1) is 43.1. The van der Waals surface area contributed by atoms with Crippen molar-refractivity contribution in [2.75, 3.05) is 59.9 Å². The highest BCUT2D eigenvalue weighted by molar-refractivity contribution is 5.93. The van der Waals surface area contributed by atoms with Crippen molar-refractivity contribution in [1.82, 2.24) is 10.6 Å². The minimum absolute atomic E-state index is 0.0894. The molecule has 12 nitrogen and oxygen atoms in total. The molecule has 4 aliphatic carbocycles. The molecule has 0 spiro atoms. The molecule has 7 unspecified atom stereocenters. The van der Waals surface area contributed by atoms with Gasteiger partial charge in [-0.05, 0) is 93.5 Å². The molecule has 300 valence electrons. The molecule has 12 heteroatoms. The van der Waals surface area contributed by atoms with Crippen LogP contribution in [0.5, 0.6) is 0 Å². The van der Waals surface area contributed by atoms with E-state index in [0.717, 1.165) is 44.9 Å². The van der Waals surface area contributed by atoms with Crippen LogP contribution in [0, 0.1) is 34.0 Å². The van der Waals surface area contributed by atoms with Gasteiger partial charge in [-0.2, -0.15) is 0 Å². The fraction of sp³-hybridized carbons (Fsp3) is 0.829. The monoisotopic (exact) mass is 746 g/mol. The third kappa shape index (κ3) is 11.7. The van der Waals surface area contributed by atoms with Gasteiger partial charge in [0.1, 0.15) is 19.3 Å². The molecule has 4 rings (SSSR count). The van der Waals surface area contributed by atoms with Crippen molar-refractivity contribution in [3.63, 3.8) is 0 Å². The van der Waals surface area contributed by atoms with Gasteiger partial charge in [0, 0.05) is 37.3 Å². The number of Topliss-reactive ketones (excluding diaryl/α,β-unsaturated/α-hetero) is 1. The summed E-state index contributed by atoms with van der Waals surface area (Å²) in [5, 5.41) is 5.68. The van der Waals surface area contributed by atoms with E-state index in [2.05, 4.69) is 24.5 Å². The summed E-state index contributed by atoms with van der Waals surface area (Å²) < 4.78 is 27.2. The maximum Gasteiger partial charge on any atom is 0.332 e. The average Bonchev–Trinajstić information content (AvgIpc) is 3.43. The smallest absolute Gasteiger partial charge is 0.332 e. The highest BCUT2D eigenvalue weighted by atomic mass is 16.6. The molecule has 3 saturated carbocycles. The largest absolute Gasteiger partial charge is 0.460 e. The summed E-state index contributed by atoms with van der Waals surface area (Å²) in [6.45, 7) is 12.1. The summed E-state index contributed by atoms with van der Waals surface area (Å²) in [5.74, 6) is 0.757. The van der Waals surface area contributed by atoms with Crippen molar-refractivity contribution < 1.29 is 47.7 Å². The molecule has 0 radical (unpaired) electrons. The van der Waals surface area contributed by atoms with Crippen LogP contribution < -0.4 is 10.6 Å². The first-order valence-corrected chi connectivity index (χ1v) is 19.9. The molecule has 0 aromatic carbocycles. The number of ether oxygens (including phenoxy) is 5. The number of nitrogens with one attached hydrogen (secondary N) is 2. The second-order valence-electron chi connectivity index (χ2n) is 17.1. The Hall–Kier alpha value is -2.67. The van der Waals surface area contributed by atoms with Gasteiger partial charge in [0.15, 0.2) is 11.6 Å². The lowest BCUT2D eigenvalue weighted by atomic mass is 9.47. The van der Waals surface area contributed by atoms with Gasteiger partial charge in [-0.1, -0.05) is 40.2 Å². The molecule has 2 N–H and O–H groups in total. The van der Waals surface area contributed by atoms with E-state index in [1.165, 1.54) is 5.57 Å². The van der Waals surface area contributed by atoms with Crippen LogP contribution in [0.15, 0.2) is 11.6 Å². The van der Waals surface area contributed by atoms with Gasteiger partial charge in [-0.3, -0.25) is 19.2 Å². The predicted molar refractivity (Wildman–Crippen MR) is 199 cm³/mol. The zero-order chi connectivity index (χ0) is 38.6. The topological polar surface area (TPSA) is 156 Å². The van der Waals surface area contributed by atoms with Gasteiger partial charge in [-0.15, -0.1) is 0 Å². The molecular formula is C41H66N2O10. The molecule has 53 heavy (non-hydrogen) atoms. The molecule has 0 saturated heterocycles. The lowest BCUT2D eigenvalue weighted by Crippen LogP contribution is -2.51. The molecule has 0 heterocycles. The predicted octanol–water partition coefficient (Wildman–Crippen LogP) is 4.90. The average molecular weight is 747 g/mol. The van der Waals surface area contributed by atoms with Crippen LogP contribution in [-0.4, -0.2) is 101 Å². The third-order valence-corrected chi connectivity index (χ3v) is 12.5. The van der Waals surface area contributed by atoms with Gasteiger partial charge in [0.05, 0.1) is 39.1 Å². The van der Waals surface area contributed by atoms with Crippen LogP contribution in [0.4, 0.5) is 0 Å². The third-order valence-electron chi connectivity index (χ3n) is 12.5. The summed E-state index contributed by atoms with van der Waals surface area (Å²) in [7, 11) is 1.61. The molecule has 7 atom stereocenters. The molecule has 3 fully saturated rings. The van der Waals surface area contributed by atoms with E-state index in [1.807, 2.05) is 26.8 Å². The van der Waals surface area contributed by atoms with E-state index >= 15 is 0 Å². The Morgan fingerprint density at radius 2 is 1.58 bits per heavy atom. The van der Waals surface area contributed by atoms with E-state index in [9.17, 15) is 24.0 Å². The Bertz CT molecular complexity index is 1310. The van der Waals surface area contributed by atoms with Crippen LogP contribution in [0.2, 0.25) is 0 Å². The number of carbonyl (C=O) groups is 5. The lowest BCUT2D eigenvalue weighted by Gasteiger charge is -2.57. The Kier molecular flexibility index (Phi) is 16.1. The van der Waals surface area contributed by atoms with Gasteiger partial charge in [0.2, 0.25) is 11.8 Å². The van der Waals surface area contributed by atoms with Crippen LogP contribution in [0.25, 0.3) is 0 Å². The van der Waals surface area contributed by atoms with Crippen LogP contribution >= 0.6 is 0 Å². The molecule has 0 aromatic rings. The number of esters is 1. The second-order valence-corrected chi connectivity index (χ2v) is 17.1. The Balaban J connectivity index is 1.14. The number of allylic oxidation sites excluding steroid dienone is 1. The summed E-state index contributed by atoms with van der Waals surface area (Å²) in [6.07, 6.45) is 11.3. The maximum atomic E-state index is 13.2. The van der Waals surface area contributed by atoms with Gasteiger partial charge in [0.25, 0.3) is 0 Å². The SMILES string of the molecule is COCCOCCOCCC(=O)NCCCCC(NC(=O)COCC(=O)OC1CCC2C3CCC4=CC(=O)CCC4(C)C3CCC12C)C(=O)C(C)(C)C. The van der Waals surface area contributed by atoms with E-state index in [1.54, 1.807) is 7.11 Å². The van der Waals surface area contributed by atoms with Crippen molar-refractivity contribution in [3.8, 4) is 0 Å². The summed E-state index contributed by atoms with van der Waals surface area (Å²) in [4.78, 5) is 63.3. The van der Waals surface area contributed by atoms with E-state index < -0.39 is 23.3 Å². The van der Waals surface area contributed by atoms with E-state index in [4.69, 9.17) is 23.7 Å². The highest BCUT2D eigenvalue weighted by Gasteiger charge is 2.60. The van der Waals surface area contributed by atoms with Gasteiger partial charge in [-0.25, -0.2) is 4.79 Å². The number of ketones is 2. The first-order valence-electron chi connectivity index (χ1n) is 19.9. The number of fused-ring (bicyclic) bond motifs is 5. The van der Waals surface area contributed by atoms with E-state index in [-0.39, 0.29) is 54.0 Å². The Labute approximate surface area is 316 Å². The fourth-order valence-corrected chi connectivity index (χ4v) is 9.57. The molecule has 0 aromatic heterocycles. The maximum absolute atomic E-state index is 13.2. The van der Waals surface area contributed by atoms with Crippen LogP contribution in [0.3, 0.4) is 0 Å². The van der Waals surface area contributed by atoms with Crippen LogP contribution in [-0.2, 0) is 47.7 Å². The van der Waals surface area contributed by atoms with Crippen molar-refractivity contribution in [2.24, 2.45) is 34.0 Å². The fourth-order valence-electron chi connectivity index (χ4n) is 9.57. The van der Waals surface area contributed by atoms with Crippen LogP contribution in [0.1, 0.15) is 112 Å². The number of rotatable bonds is 21. The van der Waals surface area contributed by atoms with E-state index in [0.29, 0.717) is 83.0 Å². The second kappa shape index (κ2) is 19.8. The number of amides is 2. The zero-order valence-corrected chi connectivity index (χ0v) is 33.2.